The molecule has 2 rings (SSSR count). The average molecular weight is 397 g/mol. The fourth-order valence-electron chi connectivity index (χ4n) is 2.70. The third kappa shape index (κ3) is 8.60. The van der Waals surface area contributed by atoms with Gasteiger partial charge in [0.1, 0.15) is 11.5 Å². The smallest absolute Gasteiger partial charge is 0.336 e. The molecule has 0 N–H and O–H groups in total. The molecule has 29 heavy (non-hydrogen) atoms. The molecule has 0 amide bonds. The molecule has 0 spiro atoms. The predicted octanol–water partition coefficient (Wildman–Crippen LogP) is 5.95. The molecule has 6 heteroatoms. The van der Waals surface area contributed by atoms with Crippen LogP contribution in [0, 0.1) is 10.1 Å². The van der Waals surface area contributed by atoms with Crippen molar-refractivity contribution in [3.8, 4) is 11.5 Å². The maximum Gasteiger partial charge on any atom is 0.336 e. The van der Waals surface area contributed by atoms with Crippen molar-refractivity contribution < 1.29 is 19.2 Å². The van der Waals surface area contributed by atoms with Gasteiger partial charge in [0.05, 0.1) is 11.5 Å². The number of carbonyl (C=O) groups excluding carboxylic acids is 1. The molecule has 0 atom stereocenters. The highest BCUT2D eigenvalue weighted by molar-refractivity contribution is 5.88. The van der Waals surface area contributed by atoms with E-state index in [1.54, 1.807) is 6.08 Å². The molecule has 154 valence electrons. The number of nitro groups is 1. The number of carbonyl (C=O) groups is 1. The zero-order chi connectivity index (χ0) is 20.9. The Kier molecular flexibility index (Phi) is 9.42. The fraction of sp³-hybridized carbons (Fsp3) is 0.348. The fourth-order valence-corrected chi connectivity index (χ4v) is 2.70. The molecule has 0 bridgehead atoms. The van der Waals surface area contributed by atoms with Crippen molar-refractivity contribution in [1.82, 2.24) is 0 Å². The van der Waals surface area contributed by atoms with Crippen LogP contribution in [0.3, 0.4) is 0 Å². The van der Waals surface area contributed by atoms with Crippen molar-refractivity contribution in [2.75, 3.05) is 6.61 Å². The molecular weight excluding hydrogens is 370 g/mol. The van der Waals surface area contributed by atoms with Crippen molar-refractivity contribution in [3.05, 3.63) is 70.3 Å². The number of rotatable bonds is 12. The van der Waals surface area contributed by atoms with Gasteiger partial charge in [0, 0.05) is 18.2 Å². The molecular formula is C23H27NO5. The van der Waals surface area contributed by atoms with E-state index in [-0.39, 0.29) is 11.4 Å². The number of benzene rings is 2. The normalized spacial score (nSPS) is 10.8. The second kappa shape index (κ2) is 12.3. The zero-order valence-corrected chi connectivity index (χ0v) is 16.7. The predicted molar refractivity (Wildman–Crippen MR) is 113 cm³/mol. The van der Waals surface area contributed by atoms with Crippen LogP contribution in [0.25, 0.3) is 6.08 Å². The molecule has 0 saturated heterocycles. The molecule has 2 aromatic rings. The first-order chi connectivity index (χ1) is 14.1. The summed E-state index contributed by atoms with van der Waals surface area (Å²) >= 11 is 0. The molecule has 0 aliphatic rings. The van der Waals surface area contributed by atoms with Gasteiger partial charge in [-0.3, -0.25) is 10.1 Å². The molecule has 0 fully saturated rings. The van der Waals surface area contributed by atoms with Crippen LogP contribution in [-0.4, -0.2) is 17.5 Å². The van der Waals surface area contributed by atoms with Crippen LogP contribution >= 0.6 is 0 Å². The molecule has 6 nitrogen and oxygen atoms in total. The lowest BCUT2D eigenvalue weighted by Gasteiger charge is -2.06. The number of ether oxygens (including phenoxy) is 2. The van der Waals surface area contributed by atoms with E-state index in [1.165, 1.54) is 62.4 Å². The second-order valence-corrected chi connectivity index (χ2v) is 6.69. The first-order valence-corrected chi connectivity index (χ1v) is 9.95. The van der Waals surface area contributed by atoms with Crippen molar-refractivity contribution in [1.29, 1.82) is 0 Å². The summed E-state index contributed by atoms with van der Waals surface area (Å²) in [6, 6.07) is 12.8. The van der Waals surface area contributed by atoms with Crippen LogP contribution in [0.2, 0.25) is 0 Å². The summed E-state index contributed by atoms with van der Waals surface area (Å²) < 4.78 is 10.9. The Morgan fingerprint density at radius 1 is 0.931 bits per heavy atom. The molecule has 0 aliphatic heterocycles. The summed E-state index contributed by atoms with van der Waals surface area (Å²) in [5.74, 6) is 0.509. The number of nitrogens with zero attached hydrogens (tertiary/aromatic N) is 1. The van der Waals surface area contributed by atoms with Crippen molar-refractivity contribution in [2.24, 2.45) is 0 Å². The third-order valence-electron chi connectivity index (χ3n) is 4.32. The Bertz CT molecular complexity index is 797. The van der Waals surface area contributed by atoms with E-state index in [9.17, 15) is 14.9 Å². The van der Waals surface area contributed by atoms with Crippen molar-refractivity contribution >= 4 is 17.7 Å². The lowest BCUT2D eigenvalue weighted by Crippen LogP contribution is -2.03. The van der Waals surface area contributed by atoms with Crippen LogP contribution in [-0.2, 0) is 4.79 Å². The van der Waals surface area contributed by atoms with E-state index < -0.39 is 10.9 Å². The average Bonchev–Trinajstić information content (AvgIpc) is 2.73. The van der Waals surface area contributed by atoms with Crippen LogP contribution in [0.4, 0.5) is 5.69 Å². The molecule has 0 aromatic heterocycles. The highest BCUT2D eigenvalue weighted by Crippen LogP contribution is 2.18. The summed E-state index contributed by atoms with van der Waals surface area (Å²) in [6.07, 6.45) is 10.3. The minimum absolute atomic E-state index is 0.0563. The number of hydrogen-bond donors (Lipinski definition) is 0. The minimum atomic E-state index is -0.553. The second-order valence-electron chi connectivity index (χ2n) is 6.69. The standard InChI is InChI=1S/C23H27NO5/c1-2-3-4-5-6-7-18-28-21-13-8-19(9-14-21)10-17-23(25)29-22-15-11-20(12-16-22)24(26)27/h8-17H,2-7,18H2,1H3. The van der Waals surface area contributed by atoms with Crippen LogP contribution in [0.1, 0.15) is 51.0 Å². The molecule has 0 unspecified atom stereocenters. The first kappa shape index (κ1) is 22.1. The minimum Gasteiger partial charge on any atom is -0.494 e. The van der Waals surface area contributed by atoms with Crippen LogP contribution < -0.4 is 9.47 Å². The van der Waals surface area contributed by atoms with E-state index in [0.717, 1.165) is 17.7 Å². The zero-order valence-electron chi connectivity index (χ0n) is 16.7. The van der Waals surface area contributed by atoms with Crippen LogP contribution in [0.15, 0.2) is 54.6 Å². The lowest BCUT2D eigenvalue weighted by atomic mass is 10.1. The van der Waals surface area contributed by atoms with Gasteiger partial charge < -0.3 is 9.47 Å². The summed E-state index contributed by atoms with van der Waals surface area (Å²) in [5.41, 5.74) is 0.789. The monoisotopic (exact) mass is 397 g/mol. The van der Waals surface area contributed by atoms with Gasteiger partial charge in [-0.05, 0) is 42.3 Å². The van der Waals surface area contributed by atoms with Gasteiger partial charge in [-0.2, -0.15) is 0 Å². The van der Waals surface area contributed by atoms with E-state index in [0.29, 0.717) is 6.61 Å². The van der Waals surface area contributed by atoms with Gasteiger partial charge in [0.15, 0.2) is 0 Å². The number of nitro benzene ring substituents is 1. The maximum atomic E-state index is 11.9. The SMILES string of the molecule is CCCCCCCCOc1ccc(C=CC(=O)Oc2ccc([N+](=O)[O-])cc2)cc1. The Morgan fingerprint density at radius 3 is 2.21 bits per heavy atom. The number of non-ortho nitro benzene ring substituents is 1. The Morgan fingerprint density at radius 2 is 1.55 bits per heavy atom. The molecule has 0 heterocycles. The third-order valence-corrected chi connectivity index (χ3v) is 4.32. The summed E-state index contributed by atoms with van der Waals surface area (Å²) in [6.45, 7) is 2.92. The molecule has 2 aromatic carbocycles. The largest absolute Gasteiger partial charge is 0.494 e. The number of esters is 1. The Labute approximate surface area is 171 Å². The van der Waals surface area contributed by atoms with Gasteiger partial charge in [-0.25, -0.2) is 4.79 Å². The highest BCUT2D eigenvalue weighted by atomic mass is 16.6. The topological polar surface area (TPSA) is 78.7 Å². The summed E-state index contributed by atoms with van der Waals surface area (Å²) in [7, 11) is 0. The Balaban J connectivity index is 1.73. The Hall–Kier alpha value is -3.15. The van der Waals surface area contributed by atoms with Gasteiger partial charge in [0.2, 0.25) is 0 Å². The van der Waals surface area contributed by atoms with Gasteiger partial charge in [-0.15, -0.1) is 0 Å². The lowest BCUT2D eigenvalue weighted by molar-refractivity contribution is -0.384. The highest BCUT2D eigenvalue weighted by Gasteiger charge is 2.06. The first-order valence-electron chi connectivity index (χ1n) is 9.95. The number of unbranched alkanes of at least 4 members (excludes halogenated alkanes) is 5. The molecule has 0 radical (unpaired) electrons. The van der Waals surface area contributed by atoms with Crippen LogP contribution in [0.5, 0.6) is 11.5 Å². The molecule has 0 aliphatic carbocycles. The van der Waals surface area contributed by atoms with E-state index in [4.69, 9.17) is 9.47 Å². The molecule has 0 saturated carbocycles. The van der Waals surface area contributed by atoms with E-state index in [2.05, 4.69) is 6.92 Å². The maximum absolute atomic E-state index is 11.9. The van der Waals surface area contributed by atoms with Gasteiger partial charge >= 0.3 is 5.97 Å². The van der Waals surface area contributed by atoms with Crippen molar-refractivity contribution in [3.63, 3.8) is 0 Å². The van der Waals surface area contributed by atoms with E-state index in [1.807, 2.05) is 24.3 Å². The summed E-state index contributed by atoms with van der Waals surface area (Å²) in [4.78, 5) is 22.0. The summed E-state index contributed by atoms with van der Waals surface area (Å²) in [5, 5.41) is 10.6. The quantitative estimate of drug-likeness (QED) is 0.110. The van der Waals surface area contributed by atoms with Gasteiger partial charge in [0.25, 0.3) is 5.69 Å². The van der Waals surface area contributed by atoms with Crippen molar-refractivity contribution in [2.45, 2.75) is 45.4 Å². The number of hydrogen-bond acceptors (Lipinski definition) is 5. The van der Waals surface area contributed by atoms with E-state index >= 15 is 0 Å². The van der Waals surface area contributed by atoms with Gasteiger partial charge in [-0.1, -0.05) is 51.2 Å².